The molecule has 1 heterocycles. The Balaban J connectivity index is 0.00000243. The second-order valence-electron chi connectivity index (χ2n) is 6.46. The van der Waals surface area contributed by atoms with Gasteiger partial charge in [0.15, 0.2) is 5.96 Å². The molecule has 0 bridgehead atoms. The fraction of sp³-hybridized carbons (Fsp3) is 0.474. The van der Waals surface area contributed by atoms with E-state index in [0.717, 1.165) is 36.9 Å². The maximum atomic E-state index is 6.00. The highest BCUT2D eigenvalue weighted by atomic mass is 127. The van der Waals surface area contributed by atoms with Gasteiger partial charge in [0.1, 0.15) is 0 Å². The summed E-state index contributed by atoms with van der Waals surface area (Å²) in [5, 5.41) is 8.84. The Labute approximate surface area is 181 Å². The van der Waals surface area contributed by atoms with Crippen LogP contribution in [0.2, 0.25) is 5.02 Å². The van der Waals surface area contributed by atoms with E-state index in [0.29, 0.717) is 0 Å². The molecule has 0 radical (unpaired) electrons. The first kappa shape index (κ1) is 21.4. The molecule has 0 unspecified atom stereocenters. The number of hydrogen-bond donors (Lipinski definition) is 2. The summed E-state index contributed by atoms with van der Waals surface area (Å²) >= 11 is 7.80. The largest absolute Gasteiger partial charge is 0.356 e. The van der Waals surface area contributed by atoms with Crippen LogP contribution in [0.3, 0.4) is 0 Å². The number of aliphatic imine (C=N–C) groups is 1. The normalized spacial score (nSPS) is 15.3. The van der Waals surface area contributed by atoms with Crippen molar-refractivity contribution in [3.05, 3.63) is 50.9 Å². The number of thiazole rings is 1. The lowest BCUT2D eigenvalue weighted by Crippen LogP contribution is -2.41. The third kappa shape index (κ3) is 5.57. The zero-order chi connectivity index (χ0) is 17.7. The number of halogens is 2. The van der Waals surface area contributed by atoms with Crippen LogP contribution in [0.5, 0.6) is 0 Å². The number of guanidine groups is 1. The number of aromatic nitrogens is 1. The van der Waals surface area contributed by atoms with Gasteiger partial charge in [-0.05, 0) is 37.0 Å². The van der Waals surface area contributed by atoms with Crippen molar-refractivity contribution in [2.45, 2.75) is 38.0 Å². The smallest absolute Gasteiger partial charge is 0.191 e. The SMILES string of the molecule is CCc1cnc(CCNC(=NC)NCC2(c3ccc(Cl)cc3)CC2)s1.I. The van der Waals surface area contributed by atoms with Crippen molar-refractivity contribution >= 4 is 52.9 Å². The second kappa shape index (κ2) is 9.90. The Bertz CT molecular complexity index is 725. The van der Waals surface area contributed by atoms with Crippen molar-refractivity contribution in [2.75, 3.05) is 20.1 Å². The van der Waals surface area contributed by atoms with Crippen molar-refractivity contribution in [3.63, 3.8) is 0 Å². The minimum Gasteiger partial charge on any atom is -0.356 e. The fourth-order valence-electron chi connectivity index (χ4n) is 2.91. The Kier molecular flexibility index (Phi) is 8.16. The average Bonchev–Trinajstić information content (AvgIpc) is 3.28. The zero-order valence-corrected chi connectivity index (χ0v) is 19.1. The van der Waals surface area contributed by atoms with E-state index in [1.165, 1.54) is 28.3 Å². The van der Waals surface area contributed by atoms with Gasteiger partial charge in [-0.2, -0.15) is 0 Å². The monoisotopic (exact) mass is 504 g/mol. The molecule has 26 heavy (non-hydrogen) atoms. The molecule has 3 rings (SSSR count). The van der Waals surface area contributed by atoms with Gasteiger partial charge < -0.3 is 10.6 Å². The molecule has 2 N–H and O–H groups in total. The molecular formula is C19H26ClIN4S. The Morgan fingerprint density at radius 2 is 2.00 bits per heavy atom. The predicted molar refractivity (Wildman–Crippen MR) is 122 cm³/mol. The lowest BCUT2D eigenvalue weighted by molar-refractivity contribution is 0.645. The number of rotatable bonds is 7. The Morgan fingerprint density at radius 3 is 2.58 bits per heavy atom. The molecule has 142 valence electrons. The van der Waals surface area contributed by atoms with Crippen molar-refractivity contribution in [1.29, 1.82) is 0 Å². The van der Waals surface area contributed by atoms with Crippen LogP contribution in [0.1, 0.15) is 35.2 Å². The first-order valence-corrected chi connectivity index (χ1v) is 9.99. The molecule has 1 saturated carbocycles. The maximum absolute atomic E-state index is 6.00. The molecule has 1 aliphatic rings. The lowest BCUT2D eigenvalue weighted by atomic mass is 9.96. The van der Waals surface area contributed by atoms with Crippen LogP contribution in [0.25, 0.3) is 0 Å². The number of nitrogens with one attached hydrogen (secondary N) is 2. The lowest BCUT2D eigenvalue weighted by Gasteiger charge is -2.19. The molecule has 1 aliphatic carbocycles. The van der Waals surface area contributed by atoms with Crippen LogP contribution in [0.4, 0.5) is 0 Å². The third-order valence-corrected chi connectivity index (χ3v) is 6.16. The van der Waals surface area contributed by atoms with Gasteiger partial charge in [-0.25, -0.2) is 4.98 Å². The topological polar surface area (TPSA) is 49.3 Å². The maximum Gasteiger partial charge on any atom is 0.191 e. The highest BCUT2D eigenvalue weighted by Crippen LogP contribution is 2.47. The Hall–Kier alpha value is -0.860. The van der Waals surface area contributed by atoms with E-state index in [4.69, 9.17) is 11.6 Å². The van der Waals surface area contributed by atoms with E-state index in [-0.39, 0.29) is 29.4 Å². The van der Waals surface area contributed by atoms with Gasteiger partial charge in [-0.1, -0.05) is 30.7 Å². The number of nitrogens with zero attached hydrogens (tertiary/aromatic N) is 2. The van der Waals surface area contributed by atoms with Crippen LogP contribution in [0, 0.1) is 0 Å². The van der Waals surface area contributed by atoms with E-state index in [1.807, 2.05) is 25.4 Å². The quantitative estimate of drug-likeness (QED) is 0.333. The summed E-state index contributed by atoms with van der Waals surface area (Å²) < 4.78 is 0. The standard InChI is InChI=1S/C19H25ClN4S.HI/c1-3-16-12-23-17(25-16)8-11-22-18(21-2)24-13-19(9-10-19)14-4-6-15(20)7-5-14;/h4-7,12H,3,8-11,13H2,1-2H3,(H2,21,22,24);1H. The highest BCUT2D eigenvalue weighted by molar-refractivity contribution is 14.0. The zero-order valence-electron chi connectivity index (χ0n) is 15.2. The van der Waals surface area contributed by atoms with Crippen LogP contribution in [-0.4, -0.2) is 31.1 Å². The van der Waals surface area contributed by atoms with E-state index in [2.05, 4.69) is 39.7 Å². The van der Waals surface area contributed by atoms with Gasteiger partial charge >= 0.3 is 0 Å². The molecule has 0 atom stereocenters. The molecule has 0 amide bonds. The van der Waals surface area contributed by atoms with Gasteiger partial charge in [-0.15, -0.1) is 35.3 Å². The van der Waals surface area contributed by atoms with Gasteiger partial charge in [0.25, 0.3) is 0 Å². The van der Waals surface area contributed by atoms with Gasteiger partial charge in [0.2, 0.25) is 0 Å². The summed E-state index contributed by atoms with van der Waals surface area (Å²) in [6, 6.07) is 8.23. The van der Waals surface area contributed by atoms with Crippen LogP contribution in [0.15, 0.2) is 35.5 Å². The molecule has 1 aromatic heterocycles. The molecule has 0 saturated heterocycles. The molecule has 1 aromatic carbocycles. The van der Waals surface area contributed by atoms with Crippen LogP contribution >= 0.6 is 46.9 Å². The van der Waals surface area contributed by atoms with Crippen molar-refractivity contribution in [3.8, 4) is 0 Å². The predicted octanol–water partition coefficient (Wildman–Crippen LogP) is 4.42. The second-order valence-corrected chi connectivity index (χ2v) is 8.10. The van der Waals surface area contributed by atoms with E-state index >= 15 is 0 Å². The molecular weight excluding hydrogens is 479 g/mol. The number of hydrogen-bond acceptors (Lipinski definition) is 3. The minimum atomic E-state index is 0. The minimum absolute atomic E-state index is 0. The first-order chi connectivity index (χ1) is 12.1. The summed E-state index contributed by atoms with van der Waals surface area (Å²) in [7, 11) is 1.82. The molecule has 1 fully saturated rings. The summed E-state index contributed by atoms with van der Waals surface area (Å²) in [4.78, 5) is 10.1. The average molecular weight is 505 g/mol. The molecule has 0 aliphatic heterocycles. The number of benzene rings is 1. The van der Waals surface area contributed by atoms with Crippen molar-refractivity contribution in [2.24, 2.45) is 4.99 Å². The van der Waals surface area contributed by atoms with Crippen molar-refractivity contribution < 1.29 is 0 Å². The molecule has 4 nitrogen and oxygen atoms in total. The van der Waals surface area contributed by atoms with Gasteiger partial charge in [-0.3, -0.25) is 4.99 Å². The first-order valence-electron chi connectivity index (χ1n) is 8.79. The van der Waals surface area contributed by atoms with Gasteiger partial charge in [0.05, 0.1) is 5.01 Å². The summed E-state index contributed by atoms with van der Waals surface area (Å²) in [6.45, 7) is 3.89. The van der Waals surface area contributed by atoms with E-state index in [1.54, 1.807) is 11.3 Å². The number of aryl methyl sites for hydroxylation is 1. The molecule has 2 aromatic rings. The molecule has 7 heteroatoms. The fourth-order valence-corrected chi connectivity index (χ4v) is 3.90. The Morgan fingerprint density at radius 1 is 1.27 bits per heavy atom. The highest BCUT2D eigenvalue weighted by Gasteiger charge is 2.44. The third-order valence-electron chi connectivity index (χ3n) is 4.71. The van der Waals surface area contributed by atoms with E-state index < -0.39 is 0 Å². The van der Waals surface area contributed by atoms with Crippen molar-refractivity contribution in [1.82, 2.24) is 15.6 Å². The summed E-state index contributed by atoms with van der Waals surface area (Å²) in [6.07, 6.45) is 6.37. The van der Waals surface area contributed by atoms with Crippen LogP contribution < -0.4 is 10.6 Å². The summed E-state index contributed by atoms with van der Waals surface area (Å²) in [5.41, 5.74) is 1.59. The van der Waals surface area contributed by atoms with E-state index in [9.17, 15) is 0 Å². The van der Waals surface area contributed by atoms with Crippen LogP contribution in [-0.2, 0) is 18.3 Å². The van der Waals surface area contributed by atoms with Gasteiger partial charge in [0, 0.05) is 48.1 Å². The molecule has 0 spiro atoms. The summed E-state index contributed by atoms with van der Waals surface area (Å²) in [5.74, 6) is 0.854.